The van der Waals surface area contributed by atoms with Crippen molar-refractivity contribution in [3.05, 3.63) is 0 Å². The van der Waals surface area contributed by atoms with Crippen LogP contribution in [0.25, 0.3) is 0 Å². The Morgan fingerprint density at radius 2 is 1.93 bits per heavy atom. The van der Waals surface area contributed by atoms with Gasteiger partial charge in [-0.1, -0.05) is 0 Å². The first kappa shape index (κ1) is 11.4. The van der Waals surface area contributed by atoms with Crippen LogP contribution in [-0.2, 0) is 9.47 Å². The highest BCUT2D eigenvalue weighted by atomic mass is 16.5. The van der Waals surface area contributed by atoms with Crippen molar-refractivity contribution in [3.63, 3.8) is 0 Å². The molecule has 0 aromatic rings. The van der Waals surface area contributed by atoms with Crippen LogP contribution >= 0.6 is 0 Å². The summed E-state index contributed by atoms with van der Waals surface area (Å²) in [6, 6.07) is 0.697. The lowest BCUT2D eigenvalue weighted by molar-refractivity contribution is 0.0765. The lowest BCUT2D eigenvalue weighted by Gasteiger charge is -2.23. The molecule has 0 amide bonds. The third-order valence-corrected chi connectivity index (χ3v) is 3.38. The fourth-order valence-electron chi connectivity index (χ4n) is 2.41. The predicted molar refractivity (Wildman–Crippen MR) is 60.1 cm³/mol. The molecule has 0 aliphatic carbocycles. The van der Waals surface area contributed by atoms with E-state index in [0.717, 1.165) is 26.4 Å². The van der Waals surface area contributed by atoms with Crippen LogP contribution < -0.4 is 5.32 Å². The molecule has 2 rings (SSSR count). The molecule has 0 aromatic heterocycles. The fraction of sp³-hybridized carbons (Fsp3) is 1.00. The van der Waals surface area contributed by atoms with E-state index in [1.165, 1.54) is 38.5 Å². The fourth-order valence-corrected chi connectivity index (χ4v) is 2.41. The molecule has 0 spiro atoms. The van der Waals surface area contributed by atoms with Gasteiger partial charge in [0.05, 0.1) is 6.10 Å². The minimum absolute atomic E-state index is 0.557. The molecule has 2 saturated heterocycles. The van der Waals surface area contributed by atoms with Crippen LogP contribution in [0.2, 0.25) is 0 Å². The van der Waals surface area contributed by atoms with Gasteiger partial charge in [0.1, 0.15) is 0 Å². The summed E-state index contributed by atoms with van der Waals surface area (Å²) in [6.07, 6.45) is 7.94. The van der Waals surface area contributed by atoms with E-state index >= 15 is 0 Å². The highest BCUT2D eigenvalue weighted by Gasteiger charge is 2.15. The van der Waals surface area contributed by atoms with Crippen molar-refractivity contribution >= 4 is 0 Å². The van der Waals surface area contributed by atoms with Gasteiger partial charge < -0.3 is 14.8 Å². The number of rotatable bonds is 5. The smallest absolute Gasteiger partial charge is 0.0576 e. The second kappa shape index (κ2) is 6.46. The average Bonchev–Trinajstić information content (AvgIpc) is 2.79. The zero-order chi connectivity index (χ0) is 10.3. The lowest BCUT2D eigenvalue weighted by Crippen LogP contribution is -2.35. The average molecular weight is 213 g/mol. The topological polar surface area (TPSA) is 30.5 Å². The van der Waals surface area contributed by atoms with Crippen LogP contribution in [0, 0.1) is 0 Å². The third kappa shape index (κ3) is 4.09. The molecule has 3 nitrogen and oxygen atoms in total. The number of hydrogen-bond donors (Lipinski definition) is 1. The van der Waals surface area contributed by atoms with Crippen molar-refractivity contribution in [2.75, 3.05) is 26.4 Å². The highest BCUT2D eigenvalue weighted by Crippen LogP contribution is 2.16. The standard InChI is InChI=1S/C12H23NO2/c1(3-12-4-2-8-15-12)7-13-11-5-9-14-10-6-11/h11-13H,1-10H2. The normalized spacial score (nSPS) is 28.4. The maximum absolute atomic E-state index is 5.60. The van der Waals surface area contributed by atoms with Crippen LogP contribution in [0.1, 0.15) is 38.5 Å². The quantitative estimate of drug-likeness (QED) is 0.705. The van der Waals surface area contributed by atoms with Gasteiger partial charge in [0, 0.05) is 25.9 Å². The minimum atomic E-state index is 0.557. The van der Waals surface area contributed by atoms with Gasteiger partial charge in [0.15, 0.2) is 0 Å². The summed E-state index contributed by atoms with van der Waals surface area (Å²) in [5.74, 6) is 0. The molecule has 2 aliphatic heterocycles. The Bertz CT molecular complexity index is 163. The van der Waals surface area contributed by atoms with Gasteiger partial charge in [0.2, 0.25) is 0 Å². The van der Waals surface area contributed by atoms with Crippen LogP contribution in [-0.4, -0.2) is 38.5 Å². The largest absolute Gasteiger partial charge is 0.381 e. The molecule has 1 N–H and O–H groups in total. The van der Waals surface area contributed by atoms with Crippen LogP contribution in [0.15, 0.2) is 0 Å². The molecule has 0 saturated carbocycles. The first-order valence-corrected chi connectivity index (χ1v) is 6.38. The molecule has 1 unspecified atom stereocenters. The summed E-state index contributed by atoms with van der Waals surface area (Å²) in [5, 5.41) is 3.61. The van der Waals surface area contributed by atoms with E-state index in [0.29, 0.717) is 12.1 Å². The van der Waals surface area contributed by atoms with Crippen molar-refractivity contribution in [2.45, 2.75) is 50.7 Å². The van der Waals surface area contributed by atoms with Gasteiger partial charge in [-0.3, -0.25) is 0 Å². The zero-order valence-electron chi connectivity index (χ0n) is 9.54. The molecule has 0 bridgehead atoms. The SMILES string of the molecule is C(CNC1CCOCC1)CC1CCCO1. The predicted octanol–water partition coefficient (Wildman–Crippen LogP) is 1.71. The molecule has 3 heteroatoms. The van der Waals surface area contributed by atoms with Gasteiger partial charge in [0.25, 0.3) is 0 Å². The van der Waals surface area contributed by atoms with Crippen molar-refractivity contribution in [3.8, 4) is 0 Å². The second-order valence-electron chi connectivity index (χ2n) is 4.62. The summed E-state index contributed by atoms with van der Waals surface area (Å²) >= 11 is 0. The molecule has 0 aromatic carbocycles. The molecule has 2 fully saturated rings. The number of ether oxygens (including phenoxy) is 2. The zero-order valence-corrected chi connectivity index (χ0v) is 9.54. The van der Waals surface area contributed by atoms with Crippen LogP contribution in [0.4, 0.5) is 0 Å². The number of nitrogens with one attached hydrogen (secondary N) is 1. The Kier molecular flexibility index (Phi) is 4.90. The van der Waals surface area contributed by atoms with Gasteiger partial charge >= 0.3 is 0 Å². The van der Waals surface area contributed by atoms with Gasteiger partial charge in [-0.05, 0) is 45.1 Å². The summed E-state index contributed by atoms with van der Waals surface area (Å²) in [5.41, 5.74) is 0. The summed E-state index contributed by atoms with van der Waals surface area (Å²) in [4.78, 5) is 0. The molecule has 0 radical (unpaired) electrons. The molecule has 2 aliphatic rings. The van der Waals surface area contributed by atoms with Crippen molar-refractivity contribution < 1.29 is 9.47 Å². The maximum atomic E-state index is 5.60. The third-order valence-electron chi connectivity index (χ3n) is 3.38. The van der Waals surface area contributed by atoms with E-state index in [-0.39, 0.29) is 0 Å². The maximum Gasteiger partial charge on any atom is 0.0576 e. The van der Waals surface area contributed by atoms with E-state index < -0.39 is 0 Å². The molecular formula is C12H23NO2. The van der Waals surface area contributed by atoms with Crippen LogP contribution in [0.3, 0.4) is 0 Å². The summed E-state index contributed by atoms with van der Waals surface area (Å²) < 4.78 is 10.9. The molecule has 15 heavy (non-hydrogen) atoms. The first-order chi connectivity index (χ1) is 7.45. The summed E-state index contributed by atoms with van der Waals surface area (Å²) in [6.45, 7) is 4.00. The highest BCUT2D eigenvalue weighted by molar-refractivity contribution is 4.71. The monoisotopic (exact) mass is 213 g/mol. The van der Waals surface area contributed by atoms with E-state index in [4.69, 9.17) is 9.47 Å². The summed E-state index contributed by atoms with van der Waals surface area (Å²) in [7, 11) is 0. The lowest BCUT2D eigenvalue weighted by atomic mass is 10.1. The molecule has 88 valence electrons. The molecule has 1 atom stereocenters. The van der Waals surface area contributed by atoms with Crippen LogP contribution in [0.5, 0.6) is 0 Å². The Morgan fingerprint density at radius 1 is 1.07 bits per heavy atom. The van der Waals surface area contributed by atoms with Gasteiger partial charge in [-0.2, -0.15) is 0 Å². The second-order valence-corrected chi connectivity index (χ2v) is 4.62. The Hall–Kier alpha value is -0.120. The Balaban J connectivity index is 1.47. The minimum Gasteiger partial charge on any atom is -0.381 e. The van der Waals surface area contributed by atoms with Crippen molar-refractivity contribution in [1.82, 2.24) is 5.32 Å². The van der Waals surface area contributed by atoms with Gasteiger partial charge in [-0.25, -0.2) is 0 Å². The first-order valence-electron chi connectivity index (χ1n) is 6.38. The van der Waals surface area contributed by atoms with E-state index in [2.05, 4.69) is 5.32 Å². The molecule has 2 heterocycles. The van der Waals surface area contributed by atoms with E-state index in [1.54, 1.807) is 0 Å². The van der Waals surface area contributed by atoms with Crippen molar-refractivity contribution in [2.24, 2.45) is 0 Å². The van der Waals surface area contributed by atoms with E-state index in [1.807, 2.05) is 0 Å². The van der Waals surface area contributed by atoms with E-state index in [9.17, 15) is 0 Å². The van der Waals surface area contributed by atoms with Crippen molar-refractivity contribution in [1.29, 1.82) is 0 Å². The Morgan fingerprint density at radius 3 is 2.67 bits per heavy atom. The van der Waals surface area contributed by atoms with Gasteiger partial charge in [-0.15, -0.1) is 0 Å². The number of hydrogen-bond acceptors (Lipinski definition) is 3. The Labute approximate surface area is 92.5 Å². The molecular weight excluding hydrogens is 190 g/mol.